The third-order valence-corrected chi connectivity index (χ3v) is 5.56. The van der Waals surface area contributed by atoms with Crippen molar-refractivity contribution in [3.63, 3.8) is 0 Å². The highest BCUT2D eigenvalue weighted by molar-refractivity contribution is 6.36. The summed E-state index contributed by atoms with van der Waals surface area (Å²) in [7, 11) is 3.80. The van der Waals surface area contributed by atoms with Crippen LogP contribution >= 0.6 is 23.2 Å². The smallest absolute Gasteiger partial charge is 0.259 e. The Hall–Kier alpha value is -2.23. The van der Waals surface area contributed by atoms with Crippen LogP contribution in [0.4, 0.5) is 0 Å². The third-order valence-electron chi connectivity index (χ3n) is 5.01. The average molecular weight is 385 g/mol. The quantitative estimate of drug-likeness (QED) is 0.418. The van der Waals surface area contributed by atoms with Crippen molar-refractivity contribution in [2.75, 3.05) is 0 Å². The topological polar surface area (TPSA) is 26.9 Å². The number of hydrogen-bond donors (Lipinski definition) is 0. The van der Waals surface area contributed by atoms with Crippen molar-refractivity contribution in [2.24, 2.45) is 14.1 Å². The molecule has 0 bridgehead atoms. The minimum Gasteiger partial charge on any atom is -0.330 e. The predicted octanol–water partition coefficient (Wildman–Crippen LogP) is 5.62. The number of pyridine rings is 1. The van der Waals surface area contributed by atoms with Gasteiger partial charge in [-0.15, -0.1) is 0 Å². The van der Waals surface area contributed by atoms with Crippen molar-refractivity contribution >= 4 is 45.1 Å². The molecule has 0 spiro atoms. The maximum Gasteiger partial charge on any atom is 0.259 e. The molecular formula is C21H18Cl2N2O. The van der Waals surface area contributed by atoms with Crippen LogP contribution in [0.5, 0.6) is 0 Å². The van der Waals surface area contributed by atoms with E-state index in [2.05, 4.69) is 30.5 Å². The minimum atomic E-state index is -0.0815. The molecule has 0 saturated carbocycles. The molecular weight excluding hydrogens is 367 g/mol. The fourth-order valence-corrected chi connectivity index (χ4v) is 4.40. The lowest BCUT2D eigenvalue weighted by molar-refractivity contribution is 0.846. The molecule has 0 saturated heterocycles. The Bertz CT molecular complexity index is 1270. The van der Waals surface area contributed by atoms with Gasteiger partial charge in [0.1, 0.15) is 5.65 Å². The average Bonchev–Trinajstić information content (AvgIpc) is 2.84. The number of aryl methyl sites for hydroxylation is 4. The molecule has 0 fully saturated rings. The van der Waals surface area contributed by atoms with Crippen molar-refractivity contribution < 1.29 is 0 Å². The standard InChI is InChI=1S/C21H18Cl2N2O/c1-11-7-12(2)19-16-10-15(14-6-5-13(22)9-17(14)23)21(26)25(4)20(16)24(3)18(19)8-11/h5-10H,1-4H3. The zero-order valence-corrected chi connectivity index (χ0v) is 16.5. The lowest BCUT2D eigenvalue weighted by atomic mass is 10.0. The van der Waals surface area contributed by atoms with Crippen LogP contribution in [0.1, 0.15) is 11.1 Å². The van der Waals surface area contributed by atoms with Crippen LogP contribution in [-0.4, -0.2) is 9.13 Å². The van der Waals surface area contributed by atoms with Gasteiger partial charge in [-0.2, -0.15) is 0 Å². The van der Waals surface area contributed by atoms with Crippen LogP contribution in [-0.2, 0) is 14.1 Å². The highest BCUT2D eigenvalue weighted by atomic mass is 35.5. The van der Waals surface area contributed by atoms with E-state index in [1.54, 1.807) is 29.8 Å². The molecule has 0 radical (unpaired) electrons. The maximum atomic E-state index is 13.1. The van der Waals surface area contributed by atoms with Gasteiger partial charge in [0.2, 0.25) is 0 Å². The number of aromatic nitrogens is 2. The first-order valence-corrected chi connectivity index (χ1v) is 9.10. The van der Waals surface area contributed by atoms with E-state index in [1.165, 1.54) is 11.1 Å². The van der Waals surface area contributed by atoms with E-state index in [9.17, 15) is 4.79 Å². The lowest BCUT2D eigenvalue weighted by Gasteiger charge is -2.10. The van der Waals surface area contributed by atoms with Crippen molar-refractivity contribution in [1.29, 1.82) is 0 Å². The molecule has 0 N–H and O–H groups in total. The zero-order valence-electron chi connectivity index (χ0n) is 15.0. The molecule has 132 valence electrons. The summed E-state index contributed by atoms with van der Waals surface area (Å²) in [4.78, 5) is 13.1. The van der Waals surface area contributed by atoms with Gasteiger partial charge in [-0.1, -0.05) is 35.3 Å². The summed E-state index contributed by atoms with van der Waals surface area (Å²) in [5, 5.41) is 3.23. The summed E-state index contributed by atoms with van der Waals surface area (Å²) >= 11 is 12.4. The van der Waals surface area contributed by atoms with E-state index >= 15 is 0 Å². The first kappa shape index (κ1) is 17.2. The van der Waals surface area contributed by atoms with Crippen LogP contribution < -0.4 is 5.56 Å². The molecule has 2 heterocycles. The van der Waals surface area contributed by atoms with E-state index in [1.807, 2.05) is 13.1 Å². The molecule has 0 aliphatic heterocycles. The lowest BCUT2D eigenvalue weighted by Crippen LogP contribution is -2.20. The number of halogens is 2. The summed E-state index contributed by atoms with van der Waals surface area (Å²) < 4.78 is 3.78. The molecule has 2 aromatic heterocycles. The predicted molar refractivity (Wildman–Crippen MR) is 111 cm³/mol. The Morgan fingerprint density at radius 3 is 2.31 bits per heavy atom. The van der Waals surface area contributed by atoms with Gasteiger partial charge in [0.05, 0.1) is 10.5 Å². The molecule has 0 amide bonds. The van der Waals surface area contributed by atoms with Crippen LogP contribution in [0.15, 0.2) is 41.2 Å². The molecule has 0 aliphatic carbocycles. The van der Waals surface area contributed by atoms with Gasteiger partial charge in [-0.05, 0) is 49.2 Å². The van der Waals surface area contributed by atoms with Crippen molar-refractivity contribution in [2.45, 2.75) is 13.8 Å². The van der Waals surface area contributed by atoms with Crippen LogP contribution in [0.25, 0.3) is 33.1 Å². The molecule has 3 nitrogen and oxygen atoms in total. The van der Waals surface area contributed by atoms with Gasteiger partial charge in [0.15, 0.2) is 0 Å². The van der Waals surface area contributed by atoms with Gasteiger partial charge >= 0.3 is 0 Å². The molecule has 26 heavy (non-hydrogen) atoms. The Labute approximate surface area is 161 Å². The molecule has 4 rings (SSSR count). The van der Waals surface area contributed by atoms with Crippen molar-refractivity contribution in [1.82, 2.24) is 9.13 Å². The zero-order chi connectivity index (χ0) is 18.7. The van der Waals surface area contributed by atoms with E-state index < -0.39 is 0 Å². The number of hydrogen-bond acceptors (Lipinski definition) is 1. The third kappa shape index (κ3) is 2.38. The SMILES string of the molecule is Cc1cc(C)c2c3cc(-c4ccc(Cl)cc4Cl)c(=O)n(C)c3n(C)c2c1. The molecule has 4 aromatic rings. The normalized spacial score (nSPS) is 11.6. The second-order valence-corrected chi connectivity index (χ2v) is 7.66. The second-order valence-electron chi connectivity index (χ2n) is 6.82. The molecule has 5 heteroatoms. The van der Waals surface area contributed by atoms with Gasteiger partial charge in [0, 0.05) is 41.0 Å². The largest absolute Gasteiger partial charge is 0.330 e. The Balaban J connectivity index is 2.20. The van der Waals surface area contributed by atoms with Gasteiger partial charge in [0.25, 0.3) is 5.56 Å². The first-order valence-electron chi connectivity index (χ1n) is 8.34. The van der Waals surface area contributed by atoms with Crippen LogP contribution in [0.2, 0.25) is 10.0 Å². The summed E-state index contributed by atoms with van der Waals surface area (Å²) in [6, 6.07) is 11.5. The summed E-state index contributed by atoms with van der Waals surface area (Å²) in [6.07, 6.45) is 0. The molecule has 2 aromatic carbocycles. The molecule has 0 atom stereocenters. The number of fused-ring (bicyclic) bond motifs is 3. The Kier molecular flexibility index (Phi) is 3.90. The fraction of sp³-hybridized carbons (Fsp3) is 0.190. The van der Waals surface area contributed by atoms with Crippen LogP contribution in [0.3, 0.4) is 0 Å². The maximum absolute atomic E-state index is 13.1. The van der Waals surface area contributed by atoms with E-state index in [0.29, 0.717) is 21.2 Å². The Morgan fingerprint density at radius 1 is 0.885 bits per heavy atom. The fourth-order valence-electron chi connectivity index (χ4n) is 3.89. The minimum absolute atomic E-state index is 0.0815. The summed E-state index contributed by atoms with van der Waals surface area (Å²) in [6.45, 7) is 4.19. The van der Waals surface area contributed by atoms with E-state index in [-0.39, 0.29) is 5.56 Å². The Morgan fingerprint density at radius 2 is 1.62 bits per heavy atom. The summed E-state index contributed by atoms with van der Waals surface area (Å²) in [5.41, 5.74) is 5.60. The number of benzene rings is 2. The van der Waals surface area contributed by atoms with Gasteiger partial charge in [-0.25, -0.2) is 0 Å². The van der Waals surface area contributed by atoms with Gasteiger partial charge < -0.3 is 4.57 Å². The van der Waals surface area contributed by atoms with Crippen molar-refractivity contribution in [3.05, 3.63) is 67.9 Å². The number of nitrogens with zero attached hydrogens (tertiary/aromatic N) is 2. The van der Waals surface area contributed by atoms with Gasteiger partial charge in [-0.3, -0.25) is 9.36 Å². The molecule has 0 unspecified atom stereocenters. The summed E-state index contributed by atoms with van der Waals surface area (Å²) in [5.74, 6) is 0. The van der Waals surface area contributed by atoms with Crippen LogP contribution in [0, 0.1) is 13.8 Å². The highest BCUT2D eigenvalue weighted by Gasteiger charge is 2.18. The first-order chi connectivity index (χ1) is 12.3. The monoisotopic (exact) mass is 384 g/mol. The second kappa shape index (κ2) is 5.90. The highest BCUT2D eigenvalue weighted by Crippen LogP contribution is 2.35. The molecule has 0 aliphatic rings. The number of rotatable bonds is 1. The van der Waals surface area contributed by atoms with E-state index in [0.717, 1.165) is 21.9 Å². The van der Waals surface area contributed by atoms with Crippen molar-refractivity contribution in [3.8, 4) is 11.1 Å². The van der Waals surface area contributed by atoms with E-state index in [4.69, 9.17) is 23.2 Å².